The minimum absolute atomic E-state index is 0.117. The fourth-order valence-electron chi connectivity index (χ4n) is 3.75. The standard InChI is InChI=1S/C21H25N5O3/c1-2-12-29-21(27)17-18-20(24-16-7-4-3-6-15(16)23-18)26(19(17)22)9-5-8-25-10-13-28-14-11-25/h2-4,6-7H,1,5,8-14,22H2/p+1. The molecular formula is C21H26N5O3+. The first kappa shape index (κ1) is 19.4. The molecule has 1 aliphatic heterocycles. The van der Waals surface area contributed by atoms with Crippen LogP contribution in [0.2, 0.25) is 0 Å². The Morgan fingerprint density at radius 2 is 2.00 bits per heavy atom. The van der Waals surface area contributed by atoms with Crippen molar-refractivity contribution in [2.45, 2.75) is 13.0 Å². The summed E-state index contributed by atoms with van der Waals surface area (Å²) in [5.74, 6) is -0.157. The smallest absolute Gasteiger partial charge is 0.344 e. The molecule has 0 spiro atoms. The minimum Gasteiger partial charge on any atom is -0.458 e. The third kappa shape index (κ3) is 3.94. The van der Waals surface area contributed by atoms with Gasteiger partial charge in [-0.2, -0.15) is 0 Å². The Balaban J connectivity index is 1.69. The number of aromatic nitrogens is 3. The molecule has 0 aliphatic carbocycles. The fraction of sp³-hybridized carbons (Fsp3) is 0.381. The number of quaternary nitrogens is 1. The Morgan fingerprint density at radius 3 is 2.72 bits per heavy atom. The SMILES string of the molecule is C=CCOC(=O)c1c(N)n(CCC[NH+]2CCOCC2)c2nc3ccccc3nc12. The number of aryl methyl sites for hydroxylation is 1. The zero-order valence-electron chi connectivity index (χ0n) is 16.4. The number of nitrogens with two attached hydrogens (primary N) is 1. The van der Waals surface area contributed by atoms with E-state index >= 15 is 0 Å². The molecule has 8 nitrogen and oxygen atoms in total. The number of carbonyl (C=O) groups excluding carboxylic acids is 1. The van der Waals surface area contributed by atoms with E-state index in [4.69, 9.17) is 20.2 Å². The average Bonchev–Trinajstić information content (AvgIpc) is 3.02. The molecule has 0 bridgehead atoms. The lowest BCUT2D eigenvalue weighted by Gasteiger charge is -2.23. The number of esters is 1. The van der Waals surface area contributed by atoms with Crippen molar-refractivity contribution < 1.29 is 19.2 Å². The van der Waals surface area contributed by atoms with Gasteiger partial charge in [0.15, 0.2) is 5.65 Å². The van der Waals surface area contributed by atoms with Crippen LogP contribution in [0.5, 0.6) is 0 Å². The number of nitrogens with one attached hydrogen (secondary N) is 1. The van der Waals surface area contributed by atoms with Crippen LogP contribution in [0.4, 0.5) is 5.82 Å². The van der Waals surface area contributed by atoms with Crippen molar-refractivity contribution in [3.8, 4) is 0 Å². The first-order valence-electron chi connectivity index (χ1n) is 9.93. The molecule has 0 amide bonds. The van der Waals surface area contributed by atoms with E-state index in [2.05, 4.69) is 11.6 Å². The van der Waals surface area contributed by atoms with Crippen LogP contribution in [0.1, 0.15) is 16.8 Å². The second-order valence-corrected chi connectivity index (χ2v) is 7.15. The van der Waals surface area contributed by atoms with E-state index in [-0.39, 0.29) is 12.2 Å². The number of carbonyl (C=O) groups is 1. The van der Waals surface area contributed by atoms with Crippen molar-refractivity contribution >= 4 is 34.0 Å². The highest BCUT2D eigenvalue weighted by Crippen LogP contribution is 2.28. The van der Waals surface area contributed by atoms with E-state index in [1.54, 1.807) is 0 Å². The van der Waals surface area contributed by atoms with Crippen molar-refractivity contribution in [2.75, 3.05) is 45.2 Å². The molecule has 3 aromatic rings. The number of nitrogen functional groups attached to an aromatic ring is 1. The number of ether oxygens (including phenoxy) is 2. The quantitative estimate of drug-likeness (QED) is 0.453. The van der Waals surface area contributed by atoms with Crippen molar-refractivity contribution in [1.82, 2.24) is 14.5 Å². The van der Waals surface area contributed by atoms with Gasteiger partial charge in [-0.1, -0.05) is 24.8 Å². The zero-order chi connectivity index (χ0) is 20.2. The van der Waals surface area contributed by atoms with Gasteiger partial charge in [0, 0.05) is 13.0 Å². The minimum atomic E-state index is -0.505. The maximum absolute atomic E-state index is 12.7. The molecule has 1 aromatic carbocycles. The van der Waals surface area contributed by atoms with Crippen LogP contribution in [0, 0.1) is 0 Å². The molecule has 3 heterocycles. The number of anilines is 1. The van der Waals surface area contributed by atoms with Crippen LogP contribution >= 0.6 is 0 Å². The van der Waals surface area contributed by atoms with E-state index < -0.39 is 5.97 Å². The topological polar surface area (TPSA) is 96.7 Å². The molecule has 0 unspecified atom stereocenters. The lowest BCUT2D eigenvalue weighted by Crippen LogP contribution is -3.14. The highest BCUT2D eigenvalue weighted by molar-refractivity contribution is 6.08. The van der Waals surface area contributed by atoms with Crippen molar-refractivity contribution in [3.05, 3.63) is 42.5 Å². The van der Waals surface area contributed by atoms with Gasteiger partial charge in [-0.15, -0.1) is 0 Å². The second kappa shape index (κ2) is 8.59. The lowest BCUT2D eigenvalue weighted by molar-refractivity contribution is -0.908. The Morgan fingerprint density at radius 1 is 1.28 bits per heavy atom. The Hall–Kier alpha value is -2.97. The molecule has 8 heteroatoms. The Bertz CT molecular complexity index is 1040. The van der Waals surface area contributed by atoms with Gasteiger partial charge >= 0.3 is 5.97 Å². The highest BCUT2D eigenvalue weighted by Gasteiger charge is 2.25. The van der Waals surface area contributed by atoms with Crippen molar-refractivity contribution in [2.24, 2.45) is 0 Å². The van der Waals surface area contributed by atoms with E-state index in [9.17, 15) is 4.79 Å². The monoisotopic (exact) mass is 396 g/mol. The fourth-order valence-corrected chi connectivity index (χ4v) is 3.75. The van der Waals surface area contributed by atoms with Gasteiger partial charge in [-0.3, -0.25) is 0 Å². The summed E-state index contributed by atoms with van der Waals surface area (Å²) in [5.41, 5.74) is 9.25. The van der Waals surface area contributed by atoms with E-state index in [1.807, 2.05) is 28.8 Å². The predicted molar refractivity (Wildman–Crippen MR) is 111 cm³/mol. The molecule has 1 saturated heterocycles. The summed E-state index contributed by atoms with van der Waals surface area (Å²) < 4.78 is 12.6. The Kier molecular flexibility index (Phi) is 5.73. The van der Waals surface area contributed by atoms with Gasteiger partial charge in [0.1, 0.15) is 36.6 Å². The van der Waals surface area contributed by atoms with Crippen molar-refractivity contribution in [1.29, 1.82) is 0 Å². The second-order valence-electron chi connectivity index (χ2n) is 7.15. The molecule has 4 rings (SSSR count). The molecular weight excluding hydrogens is 370 g/mol. The number of hydrogen-bond donors (Lipinski definition) is 2. The first-order valence-corrected chi connectivity index (χ1v) is 9.93. The summed E-state index contributed by atoms with van der Waals surface area (Å²) >= 11 is 0. The number of rotatable bonds is 7. The van der Waals surface area contributed by atoms with Crippen LogP contribution in [0.15, 0.2) is 36.9 Å². The first-order chi connectivity index (χ1) is 14.2. The summed E-state index contributed by atoms with van der Waals surface area (Å²) in [7, 11) is 0. The summed E-state index contributed by atoms with van der Waals surface area (Å²) in [4.78, 5) is 23.6. The van der Waals surface area contributed by atoms with E-state index in [0.717, 1.165) is 44.8 Å². The molecule has 1 fully saturated rings. The summed E-state index contributed by atoms with van der Waals surface area (Å²) in [6, 6.07) is 7.59. The maximum Gasteiger partial charge on any atom is 0.344 e. The molecule has 3 N–H and O–H groups in total. The van der Waals surface area contributed by atoms with Crippen LogP contribution < -0.4 is 10.6 Å². The molecule has 0 saturated carbocycles. The average molecular weight is 396 g/mol. The number of benzene rings is 1. The molecule has 0 radical (unpaired) electrons. The van der Waals surface area contributed by atoms with Crippen LogP contribution in [0.25, 0.3) is 22.2 Å². The van der Waals surface area contributed by atoms with E-state index in [0.29, 0.717) is 29.0 Å². The number of morpholine rings is 1. The normalized spacial score (nSPS) is 15.0. The maximum atomic E-state index is 12.7. The summed E-state index contributed by atoms with van der Waals surface area (Å²) in [5, 5.41) is 0. The third-order valence-corrected chi connectivity index (χ3v) is 5.24. The Labute approximate surface area is 168 Å². The molecule has 1 aliphatic rings. The van der Waals surface area contributed by atoms with Crippen LogP contribution in [-0.2, 0) is 16.0 Å². The lowest BCUT2D eigenvalue weighted by atomic mass is 10.2. The van der Waals surface area contributed by atoms with Crippen LogP contribution in [-0.4, -0.2) is 60.0 Å². The van der Waals surface area contributed by atoms with Crippen molar-refractivity contribution in [3.63, 3.8) is 0 Å². The van der Waals surface area contributed by atoms with Gasteiger partial charge in [-0.05, 0) is 12.1 Å². The number of hydrogen-bond acceptors (Lipinski definition) is 6. The van der Waals surface area contributed by atoms with Gasteiger partial charge in [-0.25, -0.2) is 14.8 Å². The van der Waals surface area contributed by atoms with E-state index in [1.165, 1.54) is 11.0 Å². The highest BCUT2D eigenvalue weighted by atomic mass is 16.5. The number of fused-ring (bicyclic) bond motifs is 2. The largest absolute Gasteiger partial charge is 0.458 e. The van der Waals surface area contributed by atoms with Gasteiger partial charge < -0.3 is 24.7 Å². The zero-order valence-corrected chi connectivity index (χ0v) is 16.4. The van der Waals surface area contributed by atoms with Gasteiger partial charge in [0.05, 0.1) is 30.8 Å². The molecule has 0 atom stereocenters. The third-order valence-electron chi connectivity index (χ3n) is 5.24. The van der Waals surface area contributed by atoms with Crippen LogP contribution in [0.3, 0.4) is 0 Å². The molecule has 2 aromatic heterocycles. The summed E-state index contributed by atoms with van der Waals surface area (Å²) in [6.45, 7) is 9.03. The number of nitrogens with zero attached hydrogens (tertiary/aromatic N) is 3. The number of para-hydroxylation sites is 2. The van der Waals surface area contributed by atoms with Gasteiger partial charge in [0.25, 0.3) is 0 Å². The molecule has 29 heavy (non-hydrogen) atoms. The van der Waals surface area contributed by atoms with Gasteiger partial charge in [0.2, 0.25) is 0 Å². The summed E-state index contributed by atoms with van der Waals surface area (Å²) in [6.07, 6.45) is 2.44. The molecule has 152 valence electrons. The predicted octanol–water partition coefficient (Wildman–Crippen LogP) is 0.815.